The standard InChI is InChI=1S/C13H17N3/c1-10-5-6-16(11(2)7-10)13-4-3-12(8-14)15-9-13/h3-4,9-11H,5-7H2,1-2H3/t10-,11+/m0/s1. The molecule has 3 nitrogen and oxygen atoms in total. The van der Waals surface area contributed by atoms with Crippen molar-refractivity contribution in [1.29, 1.82) is 5.26 Å². The summed E-state index contributed by atoms with van der Waals surface area (Å²) in [5.74, 6) is 0.817. The van der Waals surface area contributed by atoms with Crippen molar-refractivity contribution in [2.24, 2.45) is 5.92 Å². The zero-order valence-corrected chi connectivity index (χ0v) is 9.85. The molecule has 3 heteroatoms. The average molecular weight is 215 g/mol. The molecule has 0 aromatic carbocycles. The molecule has 0 unspecified atom stereocenters. The van der Waals surface area contributed by atoms with Crippen LogP contribution < -0.4 is 4.90 Å². The highest BCUT2D eigenvalue weighted by molar-refractivity contribution is 5.47. The molecule has 16 heavy (non-hydrogen) atoms. The predicted molar refractivity (Wildman–Crippen MR) is 64.2 cm³/mol. The minimum Gasteiger partial charge on any atom is -0.368 e. The van der Waals surface area contributed by atoms with Gasteiger partial charge in [-0.15, -0.1) is 0 Å². The van der Waals surface area contributed by atoms with E-state index in [1.54, 1.807) is 6.07 Å². The molecule has 2 heterocycles. The summed E-state index contributed by atoms with van der Waals surface area (Å²) in [6, 6.07) is 6.40. The minimum absolute atomic E-state index is 0.488. The highest BCUT2D eigenvalue weighted by Gasteiger charge is 2.22. The Hall–Kier alpha value is -1.56. The number of aromatic nitrogens is 1. The van der Waals surface area contributed by atoms with Crippen LogP contribution in [0.25, 0.3) is 0 Å². The first-order valence-corrected chi connectivity index (χ1v) is 5.83. The van der Waals surface area contributed by atoms with Crippen molar-refractivity contribution in [3.8, 4) is 6.07 Å². The second kappa shape index (κ2) is 4.52. The Morgan fingerprint density at radius 2 is 2.25 bits per heavy atom. The lowest BCUT2D eigenvalue weighted by Crippen LogP contribution is -2.40. The van der Waals surface area contributed by atoms with Crippen LogP contribution in [0.5, 0.6) is 0 Å². The van der Waals surface area contributed by atoms with E-state index >= 15 is 0 Å². The molecular weight excluding hydrogens is 198 g/mol. The molecule has 1 fully saturated rings. The number of rotatable bonds is 1. The monoisotopic (exact) mass is 215 g/mol. The largest absolute Gasteiger partial charge is 0.368 e. The number of hydrogen-bond acceptors (Lipinski definition) is 3. The molecule has 2 rings (SSSR count). The fourth-order valence-corrected chi connectivity index (χ4v) is 2.41. The van der Waals surface area contributed by atoms with Gasteiger partial charge < -0.3 is 4.90 Å². The highest BCUT2D eigenvalue weighted by atomic mass is 15.2. The summed E-state index contributed by atoms with van der Waals surface area (Å²) < 4.78 is 0. The maximum absolute atomic E-state index is 8.70. The van der Waals surface area contributed by atoms with Crippen LogP contribution in [0.2, 0.25) is 0 Å². The maximum atomic E-state index is 8.70. The lowest BCUT2D eigenvalue weighted by atomic mass is 9.93. The van der Waals surface area contributed by atoms with Gasteiger partial charge in [0, 0.05) is 12.6 Å². The molecule has 1 aromatic rings. The van der Waals surface area contributed by atoms with E-state index in [9.17, 15) is 0 Å². The van der Waals surface area contributed by atoms with E-state index in [4.69, 9.17) is 5.26 Å². The van der Waals surface area contributed by atoms with Crippen molar-refractivity contribution in [2.75, 3.05) is 11.4 Å². The van der Waals surface area contributed by atoms with Crippen molar-refractivity contribution in [1.82, 2.24) is 4.98 Å². The fourth-order valence-electron chi connectivity index (χ4n) is 2.41. The van der Waals surface area contributed by atoms with E-state index in [2.05, 4.69) is 23.7 Å². The molecule has 1 aliphatic rings. The van der Waals surface area contributed by atoms with E-state index in [-0.39, 0.29) is 0 Å². The third-order valence-electron chi connectivity index (χ3n) is 3.33. The van der Waals surface area contributed by atoms with Crippen LogP contribution in [0.15, 0.2) is 18.3 Å². The summed E-state index contributed by atoms with van der Waals surface area (Å²) in [4.78, 5) is 6.51. The SMILES string of the molecule is C[C@H]1CCN(c2ccc(C#N)nc2)[C@H](C)C1. The van der Waals surface area contributed by atoms with Gasteiger partial charge in [-0.05, 0) is 37.8 Å². The number of hydrogen-bond donors (Lipinski definition) is 0. The lowest BCUT2D eigenvalue weighted by Gasteiger charge is -2.38. The molecule has 0 bridgehead atoms. The zero-order chi connectivity index (χ0) is 11.5. The minimum atomic E-state index is 0.488. The van der Waals surface area contributed by atoms with E-state index in [0.717, 1.165) is 18.2 Å². The van der Waals surface area contributed by atoms with Crippen molar-refractivity contribution >= 4 is 5.69 Å². The van der Waals surface area contributed by atoms with E-state index in [1.165, 1.54) is 12.8 Å². The van der Waals surface area contributed by atoms with Gasteiger partial charge in [-0.25, -0.2) is 4.98 Å². The van der Waals surface area contributed by atoms with Gasteiger partial charge in [0.25, 0.3) is 0 Å². The Morgan fingerprint density at radius 3 is 2.81 bits per heavy atom. The second-order valence-corrected chi connectivity index (χ2v) is 4.69. The molecule has 84 valence electrons. The molecule has 0 saturated carbocycles. The van der Waals surface area contributed by atoms with Crippen molar-refractivity contribution in [3.63, 3.8) is 0 Å². The Labute approximate surface area is 96.7 Å². The first-order valence-electron chi connectivity index (χ1n) is 5.83. The normalized spacial score (nSPS) is 25.2. The van der Waals surface area contributed by atoms with Crippen LogP contribution in [0.1, 0.15) is 32.4 Å². The molecule has 1 aromatic heterocycles. The highest BCUT2D eigenvalue weighted by Crippen LogP contribution is 2.27. The molecule has 0 spiro atoms. The molecule has 0 aliphatic carbocycles. The van der Waals surface area contributed by atoms with Gasteiger partial charge in [0.05, 0.1) is 11.9 Å². The lowest BCUT2D eigenvalue weighted by molar-refractivity contribution is 0.378. The van der Waals surface area contributed by atoms with Gasteiger partial charge in [0.1, 0.15) is 11.8 Å². The predicted octanol–water partition coefficient (Wildman–Crippen LogP) is 2.58. The van der Waals surface area contributed by atoms with Gasteiger partial charge >= 0.3 is 0 Å². The van der Waals surface area contributed by atoms with Gasteiger partial charge in [-0.1, -0.05) is 6.92 Å². The van der Waals surface area contributed by atoms with Crippen LogP contribution >= 0.6 is 0 Å². The summed E-state index contributed by atoms with van der Waals surface area (Å²) in [6.07, 6.45) is 4.29. The molecular formula is C13H17N3. The van der Waals surface area contributed by atoms with Gasteiger partial charge in [-0.3, -0.25) is 0 Å². The van der Waals surface area contributed by atoms with Gasteiger partial charge in [-0.2, -0.15) is 5.26 Å². The number of anilines is 1. The van der Waals surface area contributed by atoms with Crippen LogP contribution in [0, 0.1) is 17.2 Å². The van der Waals surface area contributed by atoms with Crippen LogP contribution in [0.3, 0.4) is 0 Å². The summed E-state index contributed by atoms with van der Waals surface area (Å²) >= 11 is 0. The first kappa shape index (κ1) is 10.9. The molecule has 0 N–H and O–H groups in total. The fraction of sp³-hybridized carbons (Fsp3) is 0.538. The van der Waals surface area contributed by atoms with E-state index in [0.29, 0.717) is 11.7 Å². The summed E-state index contributed by atoms with van der Waals surface area (Å²) in [5, 5.41) is 8.70. The van der Waals surface area contributed by atoms with Gasteiger partial charge in [0.15, 0.2) is 0 Å². The van der Waals surface area contributed by atoms with E-state index < -0.39 is 0 Å². The topological polar surface area (TPSA) is 39.9 Å². The number of piperidine rings is 1. The Kier molecular flexibility index (Phi) is 3.09. The molecule has 1 saturated heterocycles. The van der Waals surface area contributed by atoms with Crippen molar-refractivity contribution < 1.29 is 0 Å². The average Bonchev–Trinajstić information content (AvgIpc) is 2.29. The molecule has 0 radical (unpaired) electrons. The van der Waals surface area contributed by atoms with Crippen LogP contribution in [0.4, 0.5) is 5.69 Å². The third kappa shape index (κ3) is 2.16. The summed E-state index contributed by atoms with van der Waals surface area (Å²) in [7, 11) is 0. The van der Waals surface area contributed by atoms with Crippen LogP contribution in [-0.2, 0) is 0 Å². The van der Waals surface area contributed by atoms with Crippen molar-refractivity contribution in [3.05, 3.63) is 24.0 Å². The molecule has 0 amide bonds. The molecule has 2 atom stereocenters. The second-order valence-electron chi connectivity index (χ2n) is 4.69. The summed E-state index contributed by atoms with van der Waals surface area (Å²) in [6.45, 7) is 5.66. The Bertz CT molecular complexity index is 391. The third-order valence-corrected chi connectivity index (χ3v) is 3.33. The Balaban J connectivity index is 2.14. The first-order chi connectivity index (χ1) is 7.70. The van der Waals surface area contributed by atoms with Crippen LogP contribution in [-0.4, -0.2) is 17.6 Å². The quantitative estimate of drug-likeness (QED) is 0.723. The van der Waals surface area contributed by atoms with Crippen molar-refractivity contribution in [2.45, 2.75) is 32.7 Å². The van der Waals surface area contributed by atoms with Gasteiger partial charge in [0.2, 0.25) is 0 Å². The number of nitrogens with zero attached hydrogens (tertiary/aromatic N) is 3. The number of pyridine rings is 1. The smallest absolute Gasteiger partial charge is 0.140 e. The Morgan fingerprint density at radius 1 is 1.44 bits per heavy atom. The zero-order valence-electron chi connectivity index (χ0n) is 9.85. The summed E-state index contributed by atoms with van der Waals surface area (Å²) in [5.41, 5.74) is 1.63. The van der Waals surface area contributed by atoms with E-state index in [1.807, 2.05) is 18.3 Å². The maximum Gasteiger partial charge on any atom is 0.140 e. The molecule has 1 aliphatic heterocycles. The number of nitriles is 1.